The molecule has 29 heavy (non-hydrogen) atoms. The van der Waals surface area contributed by atoms with Crippen molar-refractivity contribution in [3.63, 3.8) is 0 Å². The van der Waals surface area contributed by atoms with Crippen LogP contribution in [-0.2, 0) is 6.18 Å². The summed E-state index contributed by atoms with van der Waals surface area (Å²) >= 11 is 6.20. The van der Waals surface area contributed by atoms with Crippen molar-refractivity contribution in [1.82, 2.24) is 4.98 Å². The number of hydrogen-bond donors (Lipinski definition) is 0. The van der Waals surface area contributed by atoms with Gasteiger partial charge in [-0.3, -0.25) is 0 Å². The first-order valence-corrected chi connectivity index (χ1v) is 9.73. The molecule has 0 saturated heterocycles. The zero-order valence-corrected chi connectivity index (χ0v) is 16.6. The van der Waals surface area contributed by atoms with E-state index in [4.69, 9.17) is 16.3 Å². The average molecular weight is 419 g/mol. The van der Waals surface area contributed by atoms with Crippen molar-refractivity contribution in [1.29, 1.82) is 0 Å². The number of pyridine rings is 1. The summed E-state index contributed by atoms with van der Waals surface area (Å²) in [7, 11) is 0. The summed E-state index contributed by atoms with van der Waals surface area (Å²) in [6.07, 6.45) is -2.00. The molecule has 2 nitrogen and oxygen atoms in total. The zero-order chi connectivity index (χ0) is 20.9. The first kappa shape index (κ1) is 21.2. The fraction of sp³-hybridized carbons (Fsp3) is 0.261. The van der Waals surface area contributed by atoms with E-state index in [1.54, 1.807) is 24.3 Å². The van der Waals surface area contributed by atoms with Gasteiger partial charge in [0.2, 0.25) is 0 Å². The quantitative estimate of drug-likeness (QED) is 0.395. The summed E-state index contributed by atoms with van der Waals surface area (Å²) < 4.78 is 44.5. The van der Waals surface area contributed by atoms with Gasteiger partial charge >= 0.3 is 6.18 Å². The van der Waals surface area contributed by atoms with Gasteiger partial charge in [-0.25, -0.2) is 4.98 Å². The van der Waals surface area contributed by atoms with Crippen LogP contribution in [-0.4, -0.2) is 4.98 Å². The number of unbranched alkanes of at least 4 members (excludes halogenated alkanes) is 1. The maximum absolute atomic E-state index is 12.8. The molecule has 0 saturated carbocycles. The molecule has 0 amide bonds. The van der Waals surface area contributed by atoms with Crippen LogP contribution in [0.5, 0.6) is 5.75 Å². The Labute approximate surface area is 173 Å². The van der Waals surface area contributed by atoms with Gasteiger partial charge in [-0.1, -0.05) is 49.2 Å². The fourth-order valence-corrected chi connectivity index (χ4v) is 3.09. The third kappa shape index (κ3) is 5.51. The van der Waals surface area contributed by atoms with Crippen molar-refractivity contribution in [2.75, 3.05) is 0 Å². The number of rotatable bonds is 7. The second kappa shape index (κ2) is 9.31. The zero-order valence-electron chi connectivity index (χ0n) is 15.8. The summed E-state index contributed by atoms with van der Waals surface area (Å²) in [5.74, 6) is 0.549. The molecule has 1 atom stereocenters. The van der Waals surface area contributed by atoms with Crippen molar-refractivity contribution in [3.8, 4) is 17.0 Å². The molecule has 1 heterocycles. The molecule has 0 aliphatic heterocycles. The Morgan fingerprint density at radius 3 is 2.52 bits per heavy atom. The smallest absolute Gasteiger partial charge is 0.416 e. The number of aromatic nitrogens is 1. The van der Waals surface area contributed by atoms with Crippen molar-refractivity contribution < 1.29 is 17.9 Å². The third-order valence-electron chi connectivity index (χ3n) is 4.47. The molecule has 2 aromatic carbocycles. The fourth-order valence-electron chi connectivity index (χ4n) is 2.92. The summed E-state index contributed by atoms with van der Waals surface area (Å²) in [6, 6.07) is 18.5. The van der Waals surface area contributed by atoms with Crippen LogP contribution in [0, 0.1) is 6.07 Å². The van der Waals surface area contributed by atoms with E-state index in [2.05, 4.69) is 18.0 Å². The summed E-state index contributed by atoms with van der Waals surface area (Å²) in [5, 5.41) is 0.466. The van der Waals surface area contributed by atoms with Crippen LogP contribution in [0.4, 0.5) is 13.2 Å². The lowest BCUT2D eigenvalue weighted by Crippen LogP contribution is -2.10. The highest BCUT2D eigenvalue weighted by atomic mass is 35.5. The van der Waals surface area contributed by atoms with Gasteiger partial charge in [0, 0.05) is 5.56 Å². The molecule has 151 valence electrons. The molecule has 0 unspecified atom stereocenters. The SMILES string of the molecule is CCCC[C@@H](Oc1cc[c]cc1Cl)c1cccc(-c2ccc(C(F)(F)F)cc2)n1. The molecule has 0 bridgehead atoms. The van der Waals surface area contributed by atoms with E-state index >= 15 is 0 Å². The predicted molar refractivity (Wildman–Crippen MR) is 108 cm³/mol. The van der Waals surface area contributed by atoms with Crippen LogP contribution in [0.15, 0.2) is 60.7 Å². The molecular formula is C23H20ClF3NO. The Balaban J connectivity index is 1.89. The van der Waals surface area contributed by atoms with Crippen LogP contribution >= 0.6 is 11.6 Å². The third-order valence-corrected chi connectivity index (χ3v) is 4.77. The van der Waals surface area contributed by atoms with Gasteiger partial charge in [-0.2, -0.15) is 13.2 Å². The van der Waals surface area contributed by atoms with Crippen LogP contribution in [0.3, 0.4) is 0 Å². The van der Waals surface area contributed by atoms with E-state index < -0.39 is 11.7 Å². The van der Waals surface area contributed by atoms with Crippen LogP contribution in [0.2, 0.25) is 5.02 Å². The van der Waals surface area contributed by atoms with Gasteiger partial charge in [0.05, 0.1) is 22.0 Å². The highest BCUT2D eigenvalue weighted by Crippen LogP contribution is 2.33. The van der Waals surface area contributed by atoms with Crippen molar-refractivity contribution in [3.05, 3.63) is 83.0 Å². The number of hydrogen-bond acceptors (Lipinski definition) is 2. The molecule has 0 spiro atoms. The lowest BCUT2D eigenvalue weighted by molar-refractivity contribution is -0.137. The number of nitrogens with zero attached hydrogens (tertiary/aromatic N) is 1. The van der Waals surface area contributed by atoms with Gasteiger partial charge in [0.15, 0.2) is 0 Å². The van der Waals surface area contributed by atoms with Crippen molar-refractivity contribution in [2.45, 2.75) is 38.5 Å². The Morgan fingerprint density at radius 2 is 1.86 bits per heavy atom. The molecule has 0 aliphatic carbocycles. The van der Waals surface area contributed by atoms with E-state index in [-0.39, 0.29) is 6.10 Å². The topological polar surface area (TPSA) is 22.1 Å². The standard InChI is InChI=1S/C23H20ClF3NO/c1-2-3-10-22(29-21-11-5-4-7-18(21)24)20-9-6-8-19(28-20)16-12-14-17(15-13-16)23(25,26)27/h5-9,11-15,22H,2-3,10H2,1H3/t22-/m1/s1. The molecule has 6 heteroatoms. The van der Waals surface area contributed by atoms with Gasteiger partial charge in [0.1, 0.15) is 11.9 Å². The minimum Gasteiger partial charge on any atom is -0.483 e. The molecular weight excluding hydrogens is 399 g/mol. The largest absolute Gasteiger partial charge is 0.483 e. The lowest BCUT2D eigenvalue weighted by atomic mass is 10.1. The van der Waals surface area contributed by atoms with Gasteiger partial charge in [-0.15, -0.1) is 0 Å². The van der Waals surface area contributed by atoms with Gasteiger partial charge < -0.3 is 4.74 Å². The second-order valence-corrected chi connectivity index (χ2v) is 7.04. The number of alkyl halides is 3. The Kier molecular flexibility index (Phi) is 6.80. The first-order valence-electron chi connectivity index (χ1n) is 9.35. The van der Waals surface area contributed by atoms with Crippen LogP contribution < -0.4 is 4.74 Å². The normalized spacial score (nSPS) is 12.6. The van der Waals surface area contributed by atoms with E-state index in [9.17, 15) is 13.2 Å². The first-order chi connectivity index (χ1) is 13.9. The van der Waals surface area contributed by atoms with E-state index in [1.807, 2.05) is 12.1 Å². The van der Waals surface area contributed by atoms with Crippen LogP contribution in [0.1, 0.15) is 43.5 Å². The minimum absolute atomic E-state index is 0.316. The number of halogens is 4. The molecule has 3 aromatic rings. The monoisotopic (exact) mass is 418 g/mol. The average Bonchev–Trinajstić information content (AvgIpc) is 2.72. The highest BCUT2D eigenvalue weighted by Gasteiger charge is 2.30. The number of ether oxygens (including phenoxy) is 1. The van der Waals surface area contributed by atoms with Gasteiger partial charge in [0.25, 0.3) is 0 Å². The van der Waals surface area contributed by atoms with Crippen LogP contribution in [0.25, 0.3) is 11.3 Å². The predicted octanol–water partition coefficient (Wildman–Crippen LogP) is 7.53. The molecule has 0 N–H and O–H groups in total. The Hall–Kier alpha value is -2.53. The lowest BCUT2D eigenvalue weighted by Gasteiger charge is -2.20. The molecule has 1 aromatic heterocycles. The van der Waals surface area contributed by atoms with E-state index in [1.165, 1.54) is 12.1 Å². The maximum atomic E-state index is 12.8. The highest BCUT2D eigenvalue weighted by molar-refractivity contribution is 6.32. The van der Waals surface area contributed by atoms with Gasteiger partial charge in [-0.05, 0) is 55.3 Å². The summed E-state index contributed by atoms with van der Waals surface area (Å²) in [4.78, 5) is 4.66. The van der Waals surface area contributed by atoms with Crippen molar-refractivity contribution in [2.24, 2.45) is 0 Å². The summed E-state index contributed by atoms with van der Waals surface area (Å²) in [5.41, 5.74) is 1.23. The second-order valence-electron chi connectivity index (χ2n) is 6.63. The molecule has 3 rings (SSSR count). The molecule has 1 radical (unpaired) electrons. The molecule has 0 aliphatic rings. The minimum atomic E-state index is -4.36. The Morgan fingerprint density at radius 1 is 1.10 bits per heavy atom. The van der Waals surface area contributed by atoms with Crippen molar-refractivity contribution >= 4 is 11.6 Å². The number of benzene rings is 2. The molecule has 0 fully saturated rings. The maximum Gasteiger partial charge on any atom is 0.416 e. The van der Waals surface area contributed by atoms with E-state index in [0.29, 0.717) is 27.7 Å². The Bertz CT molecular complexity index is 941. The summed E-state index contributed by atoms with van der Waals surface area (Å²) in [6.45, 7) is 2.09. The van der Waals surface area contributed by atoms with E-state index in [0.717, 1.165) is 31.4 Å².